The highest BCUT2D eigenvalue weighted by molar-refractivity contribution is 5.94. The lowest BCUT2D eigenvalue weighted by atomic mass is 9.93. The molecule has 1 aliphatic carbocycles. The number of piperidine rings is 1. The standard InChI is InChI=1S/C33H41F3N8O5/c1-32(2,3)48-31(46)39-26-17-43(16-22(26)21-12-24(35)25(36)13-23(21)34)29-37-14-18(15-38-29)27(45)44(19-6-7-19)20-8-10-42(11-9-20)30-40-28(41-49-30)33(4,5)47/h12-15,19-20,22,26,47H,6-11,16-17H2,1-5H3,(H,39,46). The Morgan fingerprint density at radius 2 is 1.57 bits per heavy atom. The molecule has 2 amide bonds. The second kappa shape index (κ2) is 13.1. The minimum Gasteiger partial charge on any atom is -0.444 e. The van der Waals surface area contributed by atoms with Crippen molar-refractivity contribution in [2.75, 3.05) is 36.0 Å². The number of rotatable bonds is 8. The zero-order valence-corrected chi connectivity index (χ0v) is 28.1. The molecule has 13 nitrogen and oxygen atoms in total. The minimum atomic E-state index is -1.31. The number of carbonyl (C=O) groups is 2. The van der Waals surface area contributed by atoms with E-state index >= 15 is 0 Å². The van der Waals surface area contributed by atoms with E-state index in [1.54, 1.807) is 39.5 Å². The summed E-state index contributed by atoms with van der Waals surface area (Å²) in [5.74, 6) is -3.97. The Balaban J connectivity index is 1.15. The molecule has 0 radical (unpaired) electrons. The first-order valence-electron chi connectivity index (χ1n) is 16.4. The molecule has 0 bridgehead atoms. The molecule has 16 heteroatoms. The van der Waals surface area contributed by atoms with Crippen LogP contribution in [0, 0.1) is 17.5 Å². The number of carbonyl (C=O) groups excluding carboxylic acids is 2. The first-order chi connectivity index (χ1) is 23.1. The van der Waals surface area contributed by atoms with Crippen molar-refractivity contribution in [2.24, 2.45) is 0 Å². The van der Waals surface area contributed by atoms with Gasteiger partial charge in [-0.25, -0.2) is 27.9 Å². The maximum absolute atomic E-state index is 14.9. The number of nitrogens with zero attached hydrogens (tertiary/aromatic N) is 7. The van der Waals surface area contributed by atoms with E-state index in [0.717, 1.165) is 18.9 Å². The summed E-state index contributed by atoms with van der Waals surface area (Å²) in [5.41, 5.74) is -1.80. The molecule has 264 valence electrons. The van der Waals surface area contributed by atoms with E-state index in [1.807, 2.05) is 9.80 Å². The zero-order chi connectivity index (χ0) is 35.2. The van der Waals surface area contributed by atoms with Crippen molar-refractivity contribution in [1.29, 1.82) is 0 Å². The third-order valence-corrected chi connectivity index (χ3v) is 8.89. The fourth-order valence-corrected chi connectivity index (χ4v) is 6.36. The van der Waals surface area contributed by atoms with Gasteiger partial charge in [0, 0.05) is 62.6 Å². The monoisotopic (exact) mass is 686 g/mol. The highest BCUT2D eigenvalue weighted by atomic mass is 19.2. The number of benzene rings is 1. The van der Waals surface area contributed by atoms with E-state index in [2.05, 4.69) is 25.4 Å². The first kappa shape index (κ1) is 34.4. The minimum absolute atomic E-state index is 0.0161. The number of nitrogens with one attached hydrogen (secondary N) is 1. The van der Waals surface area contributed by atoms with Gasteiger partial charge in [-0.3, -0.25) is 4.79 Å². The summed E-state index contributed by atoms with van der Waals surface area (Å²) in [5, 5.41) is 16.8. The van der Waals surface area contributed by atoms with Gasteiger partial charge in [0.25, 0.3) is 5.91 Å². The molecule has 1 saturated carbocycles. The van der Waals surface area contributed by atoms with Crippen LogP contribution in [0.1, 0.15) is 88.0 Å². The SMILES string of the molecule is CC(C)(C)OC(=O)NC1CN(c2ncc(C(=O)N(C3CC3)C3CCN(c4nc(C(C)(C)O)no4)CC3)cn2)CC1c1cc(F)c(F)cc1F. The van der Waals surface area contributed by atoms with Gasteiger partial charge in [0.05, 0.1) is 11.6 Å². The van der Waals surface area contributed by atoms with Gasteiger partial charge in [-0.1, -0.05) is 5.16 Å². The first-order valence-corrected chi connectivity index (χ1v) is 16.4. The fraction of sp³-hybridized carbons (Fsp3) is 0.576. The van der Waals surface area contributed by atoms with E-state index in [4.69, 9.17) is 9.26 Å². The largest absolute Gasteiger partial charge is 0.444 e. The molecule has 3 aromatic rings. The molecule has 2 atom stereocenters. The summed E-state index contributed by atoms with van der Waals surface area (Å²) < 4.78 is 53.7. The van der Waals surface area contributed by atoms with Crippen LogP contribution in [0.25, 0.3) is 0 Å². The average molecular weight is 687 g/mol. The Hall–Kier alpha value is -4.47. The number of ether oxygens (including phenoxy) is 1. The zero-order valence-electron chi connectivity index (χ0n) is 28.1. The summed E-state index contributed by atoms with van der Waals surface area (Å²) in [6, 6.07) is 0.991. The van der Waals surface area contributed by atoms with Crippen LogP contribution in [0.2, 0.25) is 0 Å². The summed E-state index contributed by atoms with van der Waals surface area (Å²) in [4.78, 5) is 45.3. The van der Waals surface area contributed by atoms with Crippen molar-refractivity contribution >= 4 is 24.0 Å². The maximum atomic E-state index is 14.9. The number of hydrogen-bond donors (Lipinski definition) is 2. The van der Waals surface area contributed by atoms with Crippen molar-refractivity contribution in [3.63, 3.8) is 0 Å². The molecule has 4 heterocycles. The number of halogens is 3. The lowest BCUT2D eigenvalue weighted by Gasteiger charge is -2.38. The van der Waals surface area contributed by atoms with E-state index in [-0.39, 0.29) is 48.4 Å². The smallest absolute Gasteiger partial charge is 0.407 e. The number of amides is 2. The molecular formula is C33H41F3N8O5. The molecular weight excluding hydrogens is 645 g/mol. The second-order valence-corrected chi connectivity index (χ2v) is 14.4. The number of aromatic nitrogens is 4. The Morgan fingerprint density at radius 3 is 2.16 bits per heavy atom. The molecule has 2 unspecified atom stereocenters. The van der Waals surface area contributed by atoms with Crippen molar-refractivity contribution < 1.29 is 37.1 Å². The van der Waals surface area contributed by atoms with Crippen molar-refractivity contribution in [3.05, 3.63) is 58.9 Å². The Morgan fingerprint density at radius 1 is 0.939 bits per heavy atom. The van der Waals surface area contributed by atoms with Crippen LogP contribution in [0.5, 0.6) is 0 Å². The summed E-state index contributed by atoms with van der Waals surface area (Å²) >= 11 is 0. The van der Waals surface area contributed by atoms with Crippen LogP contribution in [-0.4, -0.2) is 92.0 Å². The third kappa shape index (κ3) is 7.73. The molecule has 6 rings (SSSR count). The highest BCUT2D eigenvalue weighted by Gasteiger charge is 2.41. The van der Waals surface area contributed by atoms with Gasteiger partial charge in [-0.2, -0.15) is 4.98 Å². The molecule has 2 N–H and O–H groups in total. The van der Waals surface area contributed by atoms with Gasteiger partial charge in [0.1, 0.15) is 17.0 Å². The van der Waals surface area contributed by atoms with Crippen LogP contribution in [0.15, 0.2) is 29.0 Å². The van der Waals surface area contributed by atoms with Crippen LogP contribution >= 0.6 is 0 Å². The maximum Gasteiger partial charge on any atom is 0.407 e. The fourth-order valence-electron chi connectivity index (χ4n) is 6.36. The molecule has 2 saturated heterocycles. The number of anilines is 2. The van der Waals surface area contributed by atoms with Crippen molar-refractivity contribution in [1.82, 2.24) is 30.3 Å². The van der Waals surface area contributed by atoms with Crippen molar-refractivity contribution in [3.8, 4) is 0 Å². The molecule has 3 fully saturated rings. The summed E-state index contributed by atoms with van der Waals surface area (Å²) in [7, 11) is 0. The predicted molar refractivity (Wildman–Crippen MR) is 170 cm³/mol. The Kier molecular flexibility index (Phi) is 9.19. The average Bonchev–Trinajstić information content (AvgIpc) is 3.55. The second-order valence-electron chi connectivity index (χ2n) is 14.4. The van der Waals surface area contributed by atoms with E-state index in [0.29, 0.717) is 43.6 Å². The molecule has 1 aromatic carbocycles. The number of hydrogen-bond acceptors (Lipinski definition) is 11. The number of alkyl carbamates (subject to hydrolysis) is 1. The van der Waals surface area contributed by atoms with Crippen molar-refractivity contribution in [2.45, 2.75) is 95.5 Å². The molecule has 0 spiro atoms. The molecule has 3 aliphatic rings. The van der Waals surface area contributed by atoms with Crippen LogP contribution in [-0.2, 0) is 10.3 Å². The van der Waals surface area contributed by atoms with Crippen LogP contribution < -0.4 is 15.1 Å². The Labute approximate surface area is 281 Å². The topological polar surface area (TPSA) is 150 Å². The third-order valence-electron chi connectivity index (χ3n) is 8.89. The summed E-state index contributed by atoms with van der Waals surface area (Å²) in [6.45, 7) is 9.68. The van der Waals surface area contributed by atoms with Gasteiger partial charge in [0.15, 0.2) is 11.6 Å². The molecule has 2 aliphatic heterocycles. The molecule has 2 aromatic heterocycles. The van der Waals surface area contributed by atoms with Gasteiger partial charge in [-0.15, -0.1) is 0 Å². The van der Waals surface area contributed by atoms with Gasteiger partial charge in [-0.05, 0) is 71.9 Å². The number of aliphatic hydroxyl groups is 1. The quantitative estimate of drug-likeness (QED) is 0.327. The van der Waals surface area contributed by atoms with E-state index < -0.39 is 46.7 Å². The lowest BCUT2D eigenvalue weighted by molar-refractivity contribution is 0.0503. The highest BCUT2D eigenvalue weighted by Crippen LogP contribution is 2.35. The van der Waals surface area contributed by atoms with Gasteiger partial charge >= 0.3 is 12.1 Å². The van der Waals surface area contributed by atoms with Gasteiger partial charge in [0.2, 0.25) is 11.8 Å². The Bertz CT molecular complexity index is 1680. The molecule has 49 heavy (non-hydrogen) atoms. The van der Waals surface area contributed by atoms with E-state index in [9.17, 15) is 27.9 Å². The van der Waals surface area contributed by atoms with E-state index in [1.165, 1.54) is 12.4 Å². The predicted octanol–water partition coefficient (Wildman–Crippen LogP) is 4.28. The van der Waals surface area contributed by atoms with Gasteiger partial charge < -0.3 is 34.4 Å². The lowest BCUT2D eigenvalue weighted by Crippen LogP contribution is -2.48. The van der Waals surface area contributed by atoms with Crippen LogP contribution in [0.3, 0.4) is 0 Å². The summed E-state index contributed by atoms with van der Waals surface area (Å²) in [6.07, 6.45) is 5.35. The normalized spacial score (nSPS) is 20.4. The van der Waals surface area contributed by atoms with Crippen LogP contribution in [0.4, 0.5) is 29.9 Å².